The molecule has 88 valence electrons. The van der Waals surface area contributed by atoms with E-state index in [1.54, 1.807) is 19.2 Å². The zero-order chi connectivity index (χ0) is 11.6. The highest BCUT2D eigenvalue weighted by molar-refractivity contribution is 9.09. The van der Waals surface area contributed by atoms with Gasteiger partial charge in [-0.2, -0.15) is 0 Å². The van der Waals surface area contributed by atoms with E-state index in [1.165, 1.54) is 6.07 Å². The molecule has 1 aromatic rings. The minimum Gasteiger partial charge on any atom is -0.467 e. The van der Waals surface area contributed by atoms with Crippen LogP contribution >= 0.6 is 15.9 Å². The molecular weight excluding hydrogens is 275 g/mol. The lowest BCUT2D eigenvalue weighted by molar-refractivity contribution is 0.0500. The van der Waals surface area contributed by atoms with Crippen molar-refractivity contribution < 1.29 is 13.9 Å². The lowest BCUT2D eigenvalue weighted by Gasteiger charge is -2.17. The summed E-state index contributed by atoms with van der Waals surface area (Å²) in [5, 5.41) is 0.840. The predicted octanol–water partition coefficient (Wildman–Crippen LogP) is 3.23. The summed E-state index contributed by atoms with van der Waals surface area (Å²) in [6, 6.07) is 4.66. The summed E-state index contributed by atoms with van der Waals surface area (Å²) in [4.78, 5) is 0. The molecule has 0 atom stereocenters. The van der Waals surface area contributed by atoms with Crippen LogP contribution in [0.2, 0.25) is 0 Å². The van der Waals surface area contributed by atoms with Gasteiger partial charge >= 0.3 is 0 Å². The van der Waals surface area contributed by atoms with Crippen LogP contribution in [0.5, 0.6) is 5.75 Å². The molecule has 1 aliphatic carbocycles. The first-order chi connectivity index (χ1) is 7.72. The molecule has 2 nitrogen and oxygen atoms in total. The van der Waals surface area contributed by atoms with Gasteiger partial charge in [0.2, 0.25) is 0 Å². The quantitative estimate of drug-likeness (QED) is 0.612. The summed E-state index contributed by atoms with van der Waals surface area (Å²) in [5.74, 6) is 0.507. The molecule has 0 N–H and O–H groups in total. The van der Waals surface area contributed by atoms with Crippen LogP contribution in [0.3, 0.4) is 0 Å². The minimum atomic E-state index is -0.216. The lowest BCUT2D eigenvalue weighted by Crippen LogP contribution is -2.12. The van der Waals surface area contributed by atoms with Crippen molar-refractivity contribution in [1.82, 2.24) is 0 Å². The Labute approximate surface area is 103 Å². The zero-order valence-corrected chi connectivity index (χ0v) is 10.7. The topological polar surface area (TPSA) is 18.5 Å². The Morgan fingerprint density at radius 1 is 1.44 bits per heavy atom. The normalized spacial score (nSPS) is 17.2. The van der Waals surface area contributed by atoms with Gasteiger partial charge in [-0.1, -0.05) is 15.9 Å². The van der Waals surface area contributed by atoms with Crippen molar-refractivity contribution in [2.24, 2.45) is 0 Å². The molecule has 0 spiro atoms. The van der Waals surface area contributed by atoms with Crippen LogP contribution in [-0.4, -0.2) is 19.2 Å². The van der Waals surface area contributed by atoms with E-state index in [0.29, 0.717) is 0 Å². The maximum absolute atomic E-state index is 13.3. The van der Waals surface area contributed by atoms with Crippen molar-refractivity contribution in [3.63, 3.8) is 0 Å². The first-order valence-electron chi connectivity index (χ1n) is 5.19. The van der Waals surface area contributed by atoms with E-state index < -0.39 is 0 Å². The summed E-state index contributed by atoms with van der Waals surface area (Å²) in [6.45, 7) is 0.191. The van der Waals surface area contributed by atoms with Gasteiger partial charge in [0.1, 0.15) is 11.6 Å². The van der Waals surface area contributed by atoms with Crippen molar-refractivity contribution in [3.05, 3.63) is 29.6 Å². The number of halogens is 2. The van der Waals surface area contributed by atoms with Gasteiger partial charge < -0.3 is 9.47 Å². The van der Waals surface area contributed by atoms with Gasteiger partial charge in [0.25, 0.3) is 0 Å². The third-order valence-corrected chi connectivity index (χ3v) is 4.03. The highest BCUT2D eigenvalue weighted by Crippen LogP contribution is 2.52. The molecule has 4 heteroatoms. The van der Waals surface area contributed by atoms with Gasteiger partial charge in [0.05, 0.1) is 0 Å². The van der Waals surface area contributed by atoms with Gasteiger partial charge in [-0.05, 0) is 31.0 Å². The molecule has 1 saturated carbocycles. The number of benzene rings is 1. The van der Waals surface area contributed by atoms with Crippen LogP contribution in [0.15, 0.2) is 18.2 Å². The summed E-state index contributed by atoms with van der Waals surface area (Å²) < 4.78 is 23.6. The maximum Gasteiger partial charge on any atom is 0.188 e. The molecule has 16 heavy (non-hydrogen) atoms. The van der Waals surface area contributed by atoms with Crippen molar-refractivity contribution in [2.45, 2.75) is 18.3 Å². The van der Waals surface area contributed by atoms with Crippen molar-refractivity contribution in [1.29, 1.82) is 0 Å². The highest BCUT2D eigenvalue weighted by Gasteiger charge is 2.45. The molecule has 0 saturated heterocycles. The summed E-state index contributed by atoms with van der Waals surface area (Å²) in [7, 11) is 1.57. The molecule has 0 aliphatic heterocycles. The molecule has 0 heterocycles. The van der Waals surface area contributed by atoms with Crippen LogP contribution in [0.4, 0.5) is 4.39 Å². The number of methoxy groups -OCH3 is 1. The molecular formula is C12H14BrFO2. The van der Waals surface area contributed by atoms with E-state index in [0.717, 1.165) is 29.5 Å². The molecule has 0 amide bonds. The van der Waals surface area contributed by atoms with Crippen LogP contribution in [0.1, 0.15) is 18.4 Å². The molecule has 2 rings (SSSR count). The fourth-order valence-electron chi connectivity index (χ4n) is 1.79. The molecule has 1 fully saturated rings. The molecule has 1 aliphatic rings. The van der Waals surface area contributed by atoms with Crippen molar-refractivity contribution in [3.8, 4) is 5.75 Å². The Morgan fingerprint density at radius 3 is 2.75 bits per heavy atom. The van der Waals surface area contributed by atoms with Crippen LogP contribution in [0.25, 0.3) is 0 Å². The maximum atomic E-state index is 13.3. The molecule has 0 bridgehead atoms. The van der Waals surface area contributed by atoms with Gasteiger partial charge in [-0.25, -0.2) is 4.39 Å². The van der Waals surface area contributed by atoms with E-state index in [9.17, 15) is 4.39 Å². The Bertz CT molecular complexity index is 377. The number of alkyl halides is 1. The standard InChI is InChI=1S/C12H14BrFO2/c1-15-8-16-11-3-2-9(14)6-10(11)12(7-13)4-5-12/h2-3,6H,4-5,7-8H2,1H3. The van der Waals surface area contributed by atoms with Crippen LogP contribution < -0.4 is 4.74 Å². The second kappa shape index (κ2) is 4.72. The zero-order valence-electron chi connectivity index (χ0n) is 9.13. The second-order valence-electron chi connectivity index (χ2n) is 4.11. The lowest BCUT2D eigenvalue weighted by atomic mass is 9.97. The van der Waals surface area contributed by atoms with E-state index in [1.807, 2.05) is 0 Å². The fourth-order valence-corrected chi connectivity index (χ4v) is 2.65. The van der Waals surface area contributed by atoms with E-state index in [-0.39, 0.29) is 18.0 Å². The first kappa shape index (κ1) is 11.9. The number of ether oxygens (including phenoxy) is 2. The van der Waals surface area contributed by atoms with E-state index in [2.05, 4.69) is 15.9 Å². The Morgan fingerprint density at radius 2 is 2.19 bits per heavy atom. The third-order valence-electron chi connectivity index (χ3n) is 2.95. The number of rotatable bonds is 5. The Hall–Kier alpha value is -0.610. The SMILES string of the molecule is COCOc1ccc(F)cc1C1(CBr)CC1. The van der Waals surface area contributed by atoms with Crippen LogP contribution in [0, 0.1) is 5.82 Å². The molecule has 1 aromatic carbocycles. The Balaban J connectivity index is 2.29. The molecule has 0 radical (unpaired) electrons. The second-order valence-corrected chi connectivity index (χ2v) is 4.67. The third kappa shape index (κ3) is 2.23. The van der Waals surface area contributed by atoms with Gasteiger partial charge in [-0.15, -0.1) is 0 Å². The smallest absolute Gasteiger partial charge is 0.188 e. The average Bonchev–Trinajstić information content (AvgIpc) is 3.08. The molecule has 0 aromatic heterocycles. The highest BCUT2D eigenvalue weighted by atomic mass is 79.9. The minimum absolute atomic E-state index is 0.0607. The van der Waals surface area contributed by atoms with Crippen LogP contribution in [-0.2, 0) is 10.2 Å². The average molecular weight is 289 g/mol. The monoisotopic (exact) mass is 288 g/mol. The van der Waals surface area contributed by atoms with Crippen molar-refractivity contribution in [2.75, 3.05) is 19.2 Å². The summed E-state index contributed by atoms with van der Waals surface area (Å²) in [6.07, 6.45) is 2.15. The predicted molar refractivity (Wildman–Crippen MR) is 63.6 cm³/mol. The number of hydrogen-bond donors (Lipinski definition) is 0. The van der Waals surface area contributed by atoms with Gasteiger partial charge in [-0.3, -0.25) is 0 Å². The summed E-state index contributed by atoms with van der Waals surface area (Å²) in [5.41, 5.74) is 1.01. The van der Waals surface area contributed by atoms with Gasteiger partial charge in [0, 0.05) is 23.4 Å². The van der Waals surface area contributed by atoms with E-state index in [4.69, 9.17) is 9.47 Å². The first-order valence-corrected chi connectivity index (χ1v) is 6.32. The number of hydrogen-bond acceptors (Lipinski definition) is 2. The largest absolute Gasteiger partial charge is 0.467 e. The summed E-state index contributed by atoms with van der Waals surface area (Å²) >= 11 is 3.49. The van der Waals surface area contributed by atoms with E-state index >= 15 is 0 Å². The Kier molecular flexibility index (Phi) is 3.50. The van der Waals surface area contributed by atoms with Crippen molar-refractivity contribution >= 4 is 15.9 Å². The fraction of sp³-hybridized carbons (Fsp3) is 0.500. The molecule has 0 unspecified atom stereocenters. The van der Waals surface area contributed by atoms with Gasteiger partial charge in [0.15, 0.2) is 6.79 Å².